The predicted molar refractivity (Wildman–Crippen MR) is 177 cm³/mol. The van der Waals surface area contributed by atoms with Crippen molar-refractivity contribution in [3.05, 3.63) is 76.9 Å². The quantitative estimate of drug-likeness (QED) is 0.173. The Labute approximate surface area is 265 Å². The zero-order valence-corrected chi connectivity index (χ0v) is 26.4. The third-order valence-corrected chi connectivity index (χ3v) is 10.2. The lowest BCUT2D eigenvalue weighted by molar-refractivity contribution is 0.0199. The van der Waals surface area contributed by atoms with Crippen LogP contribution in [0.25, 0.3) is 21.9 Å². The van der Waals surface area contributed by atoms with Crippen LogP contribution in [0.1, 0.15) is 99.0 Å². The molecule has 4 aromatic carbocycles. The summed E-state index contributed by atoms with van der Waals surface area (Å²) < 4.78 is 19.0. The van der Waals surface area contributed by atoms with Crippen molar-refractivity contribution in [1.82, 2.24) is 0 Å². The Hall–Kier alpha value is -3.90. The Morgan fingerprint density at radius 1 is 0.844 bits per heavy atom. The smallest absolute Gasteiger partial charge is 0.161 e. The lowest BCUT2D eigenvalue weighted by Gasteiger charge is -2.38. The van der Waals surface area contributed by atoms with E-state index < -0.39 is 12.2 Å². The van der Waals surface area contributed by atoms with Crippen LogP contribution in [0.3, 0.4) is 0 Å². The van der Waals surface area contributed by atoms with Crippen LogP contribution in [-0.4, -0.2) is 34.6 Å². The van der Waals surface area contributed by atoms with Crippen LogP contribution in [0, 0.1) is 0 Å². The van der Waals surface area contributed by atoms with E-state index in [0.717, 1.165) is 108 Å². The molecule has 0 unspecified atom stereocenters. The molecule has 1 heterocycles. The summed E-state index contributed by atoms with van der Waals surface area (Å²) in [6, 6.07) is 17.2. The van der Waals surface area contributed by atoms with E-state index in [0.29, 0.717) is 17.9 Å². The van der Waals surface area contributed by atoms with Gasteiger partial charge in [-0.1, -0.05) is 62.9 Å². The molecular weight excluding hydrogens is 564 g/mol. The largest absolute Gasteiger partial charge is 0.507 e. The third kappa shape index (κ3) is 5.48. The molecule has 0 aromatic heterocycles. The van der Waals surface area contributed by atoms with Crippen LogP contribution >= 0.6 is 0 Å². The molecule has 236 valence electrons. The Morgan fingerprint density at radius 3 is 2.42 bits per heavy atom. The van der Waals surface area contributed by atoms with Crippen molar-refractivity contribution < 1.29 is 29.5 Å². The normalized spacial score (nSPS) is 21.0. The van der Waals surface area contributed by atoms with Crippen molar-refractivity contribution in [1.29, 1.82) is 0 Å². The molecule has 0 spiro atoms. The molecule has 0 radical (unpaired) electrons. The Bertz CT molecular complexity index is 1700. The summed E-state index contributed by atoms with van der Waals surface area (Å²) in [5.74, 6) is 2.54. The van der Waals surface area contributed by atoms with E-state index in [2.05, 4.69) is 13.0 Å². The zero-order chi connectivity index (χ0) is 31.1. The lowest BCUT2D eigenvalue weighted by atomic mass is 9.71. The number of aliphatic hydroxyl groups is 1. The molecule has 3 N–H and O–H groups in total. The van der Waals surface area contributed by atoms with Gasteiger partial charge in [-0.15, -0.1) is 0 Å². The molecule has 4 aromatic rings. The first-order valence-corrected chi connectivity index (χ1v) is 16.8. The fraction of sp³-hybridized carbons (Fsp3) is 0.436. The van der Waals surface area contributed by atoms with Gasteiger partial charge in [0.2, 0.25) is 0 Å². The number of phenolic OH excluding ortho intramolecular Hbond substituents is 2. The van der Waals surface area contributed by atoms with Gasteiger partial charge in [0.05, 0.1) is 19.3 Å². The number of phenols is 2. The molecule has 6 nitrogen and oxygen atoms in total. The minimum Gasteiger partial charge on any atom is -0.507 e. The Morgan fingerprint density at radius 2 is 1.64 bits per heavy atom. The van der Waals surface area contributed by atoms with Crippen LogP contribution in [0.15, 0.2) is 54.6 Å². The average molecular weight is 609 g/mol. The molecule has 0 bridgehead atoms. The van der Waals surface area contributed by atoms with Crippen LogP contribution in [0.4, 0.5) is 0 Å². The van der Waals surface area contributed by atoms with Crippen molar-refractivity contribution in [2.45, 2.75) is 102 Å². The highest BCUT2D eigenvalue weighted by molar-refractivity contribution is 6.04. The van der Waals surface area contributed by atoms with Gasteiger partial charge < -0.3 is 29.5 Å². The van der Waals surface area contributed by atoms with Crippen LogP contribution in [0.5, 0.6) is 28.7 Å². The van der Waals surface area contributed by atoms with E-state index >= 15 is 0 Å². The molecule has 1 fully saturated rings. The highest BCUT2D eigenvalue weighted by Gasteiger charge is 2.39. The van der Waals surface area contributed by atoms with Crippen molar-refractivity contribution in [3.63, 3.8) is 0 Å². The Balaban J connectivity index is 1.32. The first-order valence-electron chi connectivity index (χ1n) is 16.8. The average Bonchev–Trinajstić information content (AvgIpc) is 3.05. The molecule has 3 aliphatic rings. The maximum atomic E-state index is 11.7. The predicted octanol–water partition coefficient (Wildman–Crippen LogP) is 8.90. The Kier molecular flexibility index (Phi) is 8.26. The second-order valence-electron chi connectivity index (χ2n) is 13.1. The fourth-order valence-corrected chi connectivity index (χ4v) is 7.99. The van der Waals surface area contributed by atoms with Gasteiger partial charge in [-0.05, 0) is 90.3 Å². The molecule has 0 saturated heterocycles. The molecule has 6 heteroatoms. The molecule has 2 aliphatic carbocycles. The monoisotopic (exact) mass is 608 g/mol. The molecule has 1 saturated carbocycles. The zero-order valence-electron chi connectivity index (χ0n) is 26.4. The van der Waals surface area contributed by atoms with Crippen molar-refractivity contribution in [3.8, 4) is 39.9 Å². The summed E-state index contributed by atoms with van der Waals surface area (Å²) in [4.78, 5) is 0. The summed E-state index contributed by atoms with van der Waals surface area (Å²) in [6.45, 7) is 2.22. The van der Waals surface area contributed by atoms with Crippen molar-refractivity contribution >= 4 is 10.8 Å². The summed E-state index contributed by atoms with van der Waals surface area (Å²) in [5.41, 5.74) is 6.30. The minimum atomic E-state index is -0.781. The van der Waals surface area contributed by atoms with Crippen molar-refractivity contribution in [2.75, 3.05) is 7.11 Å². The lowest BCUT2D eigenvalue weighted by Crippen LogP contribution is -2.32. The van der Waals surface area contributed by atoms with E-state index in [-0.39, 0.29) is 17.8 Å². The van der Waals surface area contributed by atoms with Crippen LogP contribution < -0.4 is 14.2 Å². The summed E-state index contributed by atoms with van der Waals surface area (Å²) in [6.07, 6.45) is 9.84. The number of ether oxygens (including phenoxy) is 3. The van der Waals surface area contributed by atoms with Gasteiger partial charge in [0, 0.05) is 29.0 Å². The number of fused-ring (bicyclic) bond motifs is 7. The number of aromatic hydroxyl groups is 2. The summed E-state index contributed by atoms with van der Waals surface area (Å²) >= 11 is 0. The topological polar surface area (TPSA) is 88.4 Å². The number of rotatable bonds is 8. The fourth-order valence-electron chi connectivity index (χ4n) is 7.99. The van der Waals surface area contributed by atoms with Gasteiger partial charge >= 0.3 is 0 Å². The molecule has 1 aliphatic heterocycles. The van der Waals surface area contributed by atoms with Crippen LogP contribution in [0.2, 0.25) is 0 Å². The number of methoxy groups -OCH3 is 1. The second kappa shape index (κ2) is 12.5. The SMILES string of the molecule is CCCCC[C@H]1Cc2cc(O)c3ccccc3c2-c2c(OC)cc3c(c21)C[C@@H](O)[C@H](c1ccc(O)c(OC2CCCCC2)c1)O3. The molecule has 45 heavy (non-hydrogen) atoms. The maximum absolute atomic E-state index is 11.7. The van der Waals surface area contributed by atoms with Gasteiger partial charge in [0.1, 0.15) is 23.4 Å². The summed E-state index contributed by atoms with van der Waals surface area (Å²) in [7, 11) is 1.70. The van der Waals surface area contributed by atoms with E-state index in [1.165, 1.54) is 12.0 Å². The van der Waals surface area contributed by atoms with Gasteiger partial charge in [-0.2, -0.15) is 0 Å². The van der Waals surface area contributed by atoms with E-state index in [1.54, 1.807) is 13.2 Å². The number of unbranched alkanes of at least 4 members (excludes halogenated alkanes) is 2. The molecule has 3 atom stereocenters. The van der Waals surface area contributed by atoms with Gasteiger partial charge in [-0.3, -0.25) is 0 Å². The van der Waals surface area contributed by atoms with E-state index in [1.807, 2.05) is 42.5 Å². The molecular formula is C39H44O6. The first-order chi connectivity index (χ1) is 22.0. The van der Waals surface area contributed by atoms with E-state index in [9.17, 15) is 15.3 Å². The van der Waals surface area contributed by atoms with Crippen LogP contribution in [-0.2, 0) is 12.8 Å². The van der Waals surface area contributed by atoms with E-state index in [4.69, 9.17) is 14.2 Å². The molecule has 7 rings (SSSR count). The number of hydrogen-bond donors (Lipinski definition) is 3. The maximum Gasteiger partial charge on any atom is 0.161 e. The minimum absolute atomic E-state index is 0.0964. The molecule has 0 amide bonds. The van der Waals surface area contributed by atoms with Crippen molar-refractivity contribution in [2.24, 2.45) is 0 Å². The number of benzene rings is 4. The second-order valence-corrected chi connectivity index (χ2v) is 13.1. The first kappa shape index (κ1) is 29.8. The van der Waals surface area contributed by atoms with Gasteiger partial charge in [0.15, 0.2) is 11.5 Å². The standard InChI is InChI=1S/C39H44O6/c1-3-4-6-11-23-18-25-19-31(41)27-14-9-10-15-28(27)37(25)38-35(43-2)22-33-29(36(23)38)21-32(42)39(45-33)24-16-17-30(40)34(20-24)44-26-12-7-5-8-13-26/h9-10,14-17,19-20,22-23,26,32,39-42H,3-8,11-13,18,21H2,1-2H3/t23-,32+,39-/m0/s1. The van der Waals surface area contributed by atoms with Gasteiger partial charge in [-0.25, -0.2) is 0 Å². The number of aliphatic hydroxyl groups excluding tert-OH is 1. The summed E-state index contributed by atoms with van der Waals surface area (Å²) in [5, 5.41) is 35.1. The number of hydrogen-bond acceptors (Lipinski definition) is 6. The highest BCUT2D eigenvalue weighted by atomic mass is 16.5. The third-order valence-electron chi connectivity index (χ3n) is 10.2. The van der Waals surface area contributed by atoms with Gasteiger partial charge in [0.25, 0.3) is 0 Å². The highest BCUT2D eigenvalue weighted by Crippen LogP contribution is 2.55.